The van der Waals surface area contributed by atoms with E-state index in [0.29, 0.717) is 0 Å². The van der Waals surface area contributed by atoms with Crippen LogP contribution in [-0.4, -0.2) is 29.3 Å². The van der Waals surface area contributed by atoms with E-state index in [9.17, 15) is 0 Å². The van der Waals surface area contributed by atoms with Gasteiger partial charge in [0.15, 0.2) is 8.32 Å². The summed E-state index contributed by atoms with van der Waals surface area (Å²) in [5, 5.41) is 3.68. The van der Waals surface area contributed by atoms with Crippen molar-refractivity contribution in [1.29, 1.82) is 0 Å². The van der Waals surface area contributed by atoms with E-state index < -0.39 is 8.32 Å². The number of nitrogens with one attached hydrogen (secondary N) is 1. The summed E-state index contributed by atoms with van der Waals surface area (Å²) in [6.07, 6.45) is 0. The molecule has 100 valence electrons. The van der Waals surface area contributed by atoms with E-state index in [-0.39, 0.29) is 5.04 Å². The molecule has 0 saturated carbocycles. The lowest BCUT2D eigenvalue weighted by molar-refractivity contribution is 0.301. The first-order valence-corrected chi connectivity index (χ1v) is 9.58. The van der Waals surface area contributed by atoms with Crippen molar-refractivity contribution < 1.29 is 4.43 Å². The minimum Gasteiger partial charge on any atom is -0.415 e. The lowest BCUT2D eigenvalue weighted by atomic mass is 9.96. The normalized spacial score (nSPS) is 12.5. The molecule has 0 bridgehead atoms. The van der Waals surface area contributed by atoms with Gasteiger partial charge in [0.25, 0.3) is 0 Å². The van der Waals surface area contributed by atoms with Crippen molar-refractivity contribution >= 4 is 27.3 Å². The second-order valence-corrected chi connectivity index (χ2v) is 11.2. The van der Waals surface area contributed by atoms with E-state index in [2.05, 4.69) is 71.3 Å². The summed E-state index contributed by atoms with van der Waals surface area (Å²) in [6, 6.07) is 8.47. The Morgan fingerprint density at radius 1 is 1.17 bits per heavy atom. The Hall–Kier alpha value is -0.738. The maximum atomic E-state index is 6.12. The summed E-state index contributed by atoms with van der Waals surface area (Å²) in [5.74, 6) is 0. The van der Waals surface area contributed by atoms with Crippen LogP contribution >= 0.6 is 0 Å². The second kappa shape index (κ2) is 5.94. The second-order valence-electron chi connectivity index (χ2n) is 6.40. The molecular formula is C14H26BNOSi. The van der Waals surface area contributed by atoms with Crippen molar-refractivity contribution in [3.8, 4) is 0 Å². The quantitative estimate of drug-likeness (QED) is 0.650. The molecule has 0 saturated heterocycles. The number of hydrogen-bond donors (Lipinski definition) is 1. The minimum absolute atomic E-state index is 0.289. The van der Waals surface area contributed by atoms with Crippen LogP contribution in [-0.2, 0) is 4.43 Å². The molecule has 1 aromatic carbocycles. The standard InChI is InChI=1S/C14H26BNOSi/c1-14(2,3)18(4,5)17-11-10-16-13-8-6-12(15)7-9-13/h6-9,16H,10-11,15H2,1-5H3. The van der Waals surface area contributed by atoms with Crippen molar-refractivity contribution in [2.45, 2.75) is 38.9 Å². The molecule has 0 atom stereocenters. The molecule has 0 amide bonds. The third kappa shape index (κ3) is 4.50. The van der Waals surface area contributed by atoms with Gasteiger partial charge >= 0.3 is 0 Å². The van der Waals surface area contributed by atoms with Gasteiger partial charge in [-0.15, -0.1) is 0 Å². The van der Waals surface area contributed by atoms with Gasteiger partial charge in [-0.1, -0.05) is 38.4 Å². The SMILES string of the molecule is Bc1ccc(NCCO[Si](C)(C)C(C)(C)C)cc1. The van der Waals surface area contributed by atoms with Gasteiger partial charge in [0.1, 0.15) is 7.85 Å². The molecule has 4 heteroatoms. The number of hydrogen-bond acceptors (Lipinski definition) is 2. The van der Waals surface area contributed by atoms with Crippen LogP contribution in [0.4, 0.5) is 5.69 Å². The molecule has 0 aliphatic carbocycles. The maximum Gasteiger partial charge on any atom is 0.192 e. The third-order valence-corrected chi connectivity index (χ3v) is 8.29. The first kappa shape index (κ1) is 15.3. The molecule has 0 radical (unpaired) electrons. The molecule has 0 heterocycles. The molecule has 0 aromatic heterocycles. The predicted octanol–water partition coefficient (Wildman–Crippen LogP) is 2.38. The zero-order valence-electron chi connectivity index (χ0n) is 12.6. The van der Waals surface area contributed by atoms with Crippen LogP contribution < -0.4 is 10.8 Å². The Kier molecular flexibility index (Phi) is 5.05. The topological polar surface area (TPSA) is 21.3 Å². The van der Waals surface area contributed by atoms with Crippen LogP contribution in [0.5, 0.6) is 0 Å². The van der Waals surface area contributed by atoms with Gasteiger partial charge in [-0.05, 0) is 30.3 Å². The molecule has 0 aliphatic rings. The largest absolute Gasteiger partial charge is 0.415 e. The lowest BCUT2D eigenvalue weighted by Crippen LogP contribution is -2.41. The smallest absolute Gasteiger partial charge is 0.192 e. The monoisotopic (exact) mass is 263 g/mol. The van der Waals surface area contributed by atoms with E-state index >= 15 is 0 Å². The zero-order chi connectivity index (χ0) is 13.8. The predicted molar refractivity (Wildman–Crippen MR) is 86.3 cm³/mol. The summed E-state index contributed by atoms with van der Waals surface area (Å²) in [6.45, 7) is 13.0. The average molecular weight is 263 g/mol. The maximum absolute atomic E-state index is 6.12. The van der Waals surface area contributed by atoms with Crippen LogP contribution in [0.25, 0.3) is 0 Å². The average Bonchev–Trinajstić information content (AvgIpc) is 2.25. The first-order chi connectivity index (χ1) is 8.22. The summed E-state index contributed by atoms with van der Waals surface area (Å²) >= 11 is 0. The van der Waals surface area contributed by atoms with Crippen molar-refractivity contribution in [1.82, 2.24) is 0 Å². The fraction of sp³-hybridized carbons (Fsp3) is 0.571. The number of anilines is 1. The first-order valence-electron chi connectivity index (χ1n) is 6.67. The Bertz CT molecular complexity index is 370. The van der Waals surface area contributed by atoms with Crippen LogP contribution in [0.15, 0.2) is 24.3 Å². The highest BCUT2D eigenvalue weighted by atomic mass is 28.4. The fourth-order valence-electron chi connectivity index (χ4n) is 1.39. The van der Waals surface area contributed by atoms with Crippen molar-refractivity contribution in [3.63, 3.8) is 0 Å². The van der Waals surface area contributed by atoms with E-state index in [1.165, 1.54) is 11.2 Å². The third-order valence-electron chi connectivity index (χ3n) is 3.75. The van der Waals surface area contributed by atoms with Gasteiger partial charge in [0.05, 0.1) is 6.61 Å². The number of benzene rings is 1. The van der Waals surface area contributed by atoms with Crippen LogP contribution in [0, 0.1) is 0 Å². The van der Waals surface area contributed by atoms with Crippen molar-refractivity contribution in [3.05, 3.63) is 24.3 Å². The lowest BCUT2D eigenvalue weighted by Gasteiger charge is -2.36. The summed E-state index contributed by atoms with van der Waals surface area (Å²) in [5.41, 5.74) is 2.46. The molecule has 0 aliphatic heterocycles. The van der Waals surface area contributed by atoms with Gasteiger partial charge in [-0.3, -0.25) is 0 Å². The van der Waals surface area contributed by atoms with Crippen LogP contribution in [0.1, 0.15) is 20.8 Å². The Balaban J connectivity index is 2.33. The highest BCUT2D eigenvalue weighted by Crippen LogP contribution is 2.36. The van der Waals surface area contributed by atoms with Crippen LogP contribution in [0.2, 0.25) is 18.1 Å². The highest BCUT2D eigenvalue weighted by molar-refractivity contribution is 6.74. The van der Waals surface area contributed by atoms with E-state index in [1.54, 1.807) is 0 Å². The van der Waals surface area contributed by atoms with Crippen molar-refractivity contribution in [2.75, 3.05) is 18.5 Å². The van der Waals surface area contributed by atoms with E-state index in [4.69, 9.17) is 4.43 Å². The number of rotatable bonds is 5. The Morgan fingerprint density at radius 3 is 2.22 bits per heavy atom. The summed E-state index contributed by atoms with van der Waals surface area (Å²) < 4.78 is 6.12. The van der Waals surface area contributed by atoms with Gasteiger partial charge < -0.3 is 9.74 Å². The molecule has 1 aromatic rings. The zero-order valence-corrected chi connectivity index (χ0v) is 13.6. The molecule has 18 heavy (non-hydrogen) atoms. The van der Waals surface area contributed by atoms with E-state index in [0.717, 1.165) is 13.2 Å². The Labute approximate surface area is 114 Å². The fourth-order valence-corrected chi connectivity index (χ4v) is 2.43. The molecule has 0 fully saturated rings. The summed E-state index contributed by atoms with van der Waals surface area (Å²) in [4.78, 5) is 0. The summed E-state index contributed by atoms with van der Waals surface area (Å²) in [7, 11) is 0.510. The Morgan fingerprint density at radius 2 is 1.72 bits per heavy atom. The molecule has 1 rings (SSSR count). The molecule has 0 spiro atoms. The van der Waals surface area contributed by atoms with Crippen LogP contribution in [0.3, 0.4) is 0 Å². The van der Waals surface area contributed by atoms with E-state index in [1.807, 2.05) is 0 Å². The highest BCUT2D eigenvalue weighted by Gasteiger charge is 2.36. The van der Waals surface area contributed by atoms with Gasteiger partial charge in [-0.25, -0.2) is 0 Å². The minimum atomic E-state index is -1.59. The van der Waals surface area contributed by atoms with Gasteiger partial charge in [-0.2, -0.15) is 0 Å². The molecule has 1 N–H and O–H groups in total. The molecule has 0 unspecified atom stereocenters. The van der Waals surface area contributed by atoms with Gasteiger partial charge in [0.2, 0.25) is 0 Å². The molecular weight excluding hydrogens is 237 g/mol. The van der Waals surface area contributed by atoms with Crippen molar-refractivity contribution in [2.24, 2.45) is 0 Å². The molecule has 2 nitrogen and oxygen atoms in total. The van der Waals surface area contributed by atoms with Gasteiger partial charge in [0, 0.05) is 12.2 Å².